The Morgan fingerprint density at radius 1 is 0.529 bits per heavy atom. The van der Waals surface area contributed by atoms with Gasteiger partial charge in [-0.05, 0) is 77.3 Å². The molecule has 0 aromatic carbocycles. The number of carbonyl (C=O) groups excluding carboxylic acids is 2. The SMILES string of the molecule is CCC/C=C/COC(CCCCC(=O)OCCCCCCN(CCO)CCCCCCCC(=O)OCCCCCCCCC)OC/C=C/CCC. The molecule has 0 unspecified atom stereocenters. The summed E-state index contributed by atoms with van der Waals surface area (Å²) in [6, 6.07) is 0. The highest BCUT2D eigenvalue weighted by Crippen LogP contribution is 2.12. The number of rotatable bonds is 40. The van der Waals surface area contributed by atoms with Crippen molar-refractivity contribution in [2.24, 2.45) is 0 Å². The normalized spacial score (nSPS) is 11.9. The van der Waals surface area contributed by atoms with Crippen LogP contribution in [0.3, 0.4) is 0 Å². The van der Waals surface area contributed by atoms with Crippen molar-refractivity contribution in [3.8, 4) is 0 Å². The van der Waals surface area contributed by atoms with Gasteiger partial charge in [-0.1, -0.05) is 129 Å². The van der Waals surface area contributed by atoms with E-state index in [2.05, 4.69) is 50.0 Å². The molecule has 0 aliphatic rings. The van der Waals surface area contributed by atoms with Crippen LogP contribution in [-0.4, -0.2) is 80.9 Å². The first-order valence-corrected chi connectivity index (χ1v) is 21.2. The largest absolute Gasteiger partial charge is 0.466 e. The molecule has 0 aliphatic carbocycles. The van der Waals surface area contributed by atoms with E-state index >= 15 is 0 Å². The van der Waals surface area contributed by atoms with Gasteiger partial charge < -0.3 is 29.0 Å². The van der Waals surface area contributed by atoms with E-state index in [1.807, 2.05) is 0 Å². The van der Waals surface area contributed by atoms with E-state index in [-0.39, 0.29) is 24.8 Å². The second kappa shape index (κ2) is 41.0. The zero-order chi connectivity index (χ0) is 37.3. The smallest absolute Gasteiger partial charge is 0.305 e. The second-order valence-electron chi connectivity index (χ2n) is 13.9. The molecule has 0 rings (SSSR count). The third-order valence-corrected chi connectivity index (χ3v) is 8.99. The van der Waals surface area contributed by atoms with Crippen LogP contribution >= 0.6 is 0 Å². The number of ether oxygens (including phenoxy) is 4. The number of esters is 2. The predicted octanol–water partition coefficient (Wildman–Crippen LogP) is 10.7. The van der Waals surface area contributed by atoms with Crippen molar-refractivity contribution in [1.29, 1.82) is 0 Å². The molecule has 0 aromatic rings. The minimum Gasteiger partial charge on any atom is -0.466 e. The van der Waals surface area contributed by atoms with Crippen molar-refractivity contribution in [3.63, 3.8) is 0 Å². The summed E-state index contributed by atoms with van der Waals surface area (Å²) in [6.45, 7) is 11.6. The quantitative estimate of drug-likeness (QED) is 0.0289. The number of allylic oxidation sites excluding steroid dienone is 2. The molecule has 0 radical (unpaired) electrons. The number of carbonyl (C=O) groups is 2. The lowest BCUT2D eigenvalue weighted by molar-refractivity contribution is -0.145. The highest BCUT2D eigenvalue weighted by molar-refractivity contribution is 5.69. The molecule has 0 saturated heterocycles. The van der Waals surface area contributed by atoms with Gasteiger partial charge in [0.2, 0.25) is 0 Å². The monoisotopic (exact) mass is 724 g/mol. The summed E-state index contributed by atoms with van der Waals surface area (Å²) in [5.74, 6) is -0.163. The average molecular weight is 724 g/mol. The number of hydrogen-bond acceptors (Lipinski definition) is 8. The second-order valence-corrected chi connectivity index (χ2v) is 13.9. The highest BCUT2D eigenvalue weighted by Gasteiger charge is 2.10. The van der Waals surface area contributed by atoms with Gasteiger partial charge in [-0.2, -0.15) is 0 Å². The third-order valence-electron chi connectivity index (χ3n) is 8.99. The summed E-state index contributed by atoms with van der Waals surface area (Å²) < 4.78 is 22.7. The van der Waals surface area contributed by atoms with Crippen LogP contribution in [0.2, 0.25) is 0 Å². The van der Waals surface area contributed by atoms with E-state index in [9.17, 15) is 14.7 Å². The van der Waals surface area contributed by atoms with Crippen molar-refractivity contribution in [3.05, 3.63) is 24.3 Å². The first-order valence-electron chi connectivity index (χ1n) is 21.2. The maximum atomic E-state index is 12.2. The molecule has 8 heteroatoms. The van der Waals surface area contributed by atoms with Crippen LogP contribution < -0.4 is 0 Å². The van der Waals surface area contributed by atoms with Gasteiger partial charge in [0.25, 0.3) is 0 Å². The molecule has 0 atom stereocenters. The fourth-order valence-electron chi connectivity index (χ4n) is 5.80. The lowest BCUT2D eigenvalue weighted by atomic mass is 10.1. The molecule has 0 fully saturated rings. The summed E-state index contributed by atoms with van der Waals surface area (Å²) in [4.78, 5) is 26.5. The Kier molecular flexibility index (Phi) is 39.6. The molecule has 0 aromatic heterocycles. The maximum Gasteiger partial charge on any atom is 0.305 e. The first-order chi connectivity index (χ1) is 25.1. The van der Waals surface area contributed by atoms with Gasteiger partial charge in [0.15, 0.2) is 6.29 Å². The summed E-state index contributed by atoms with van der Waals surface area (Å²) >= 11 is 0. The number of nitrogens with zero attached hydrogens (tertiary/aromatic N) is 1. The van der Waals surface area contributed by atoms with Crippen LogP contribution in [0.25, 0.3) is 0 Å². The Balaban J connectivity index is 3.85. The zero-order valence-corrected chi connectivity index (χ0v) is 33.6. The van der Waals surface area contributed by atoms with Crippen molar-refractivity contribution >= 4 is 11.9 Å². The van der Waals surface area contributed by atoms with E-state index in [0.717, 1.165) is 129 Å². The Hall–Kier alpha value is -1.74. The number of unbranched alkanes of at least 4 members (excludes halogenated alkanes) is 16. The van der Waals surface area contributed by atoms with Crippen molar-refractivity contribution < 1.29 is 33.6 Å². The standard InChI is InChI=1S/C43H81NO7/c1-4-7-10-13-14-19-28-37-48-41(46)30-21-16-15-17-24-33-44(35-36-45)34-25-18-20-29-38-49-42(47)31-22-23-32-43(50-39-26-11-8-5-2)51-40-27-12-9-6-3/h11-12,26-27,43,45H,4-10,13-25,28-40H2,1-3H3/b26-11+,27-12+. The van der Waals surface area contributed by atoms with Gasteiger partial charge in [-0.3, -0.25) is 9.59 Å². The molecular weight excluding hydrogens is 642 g/mol. The van der Waals surface area contributed by atoms with Crippen LogP contribution in [0.4, 0.5) is 0 Å². The lowest BCUT2D eigenvalue weighted by Gasteiger charge is -2.21. The number of hydrogen-bond donors (Lipinski definition) is 1. The van der Waals surface area contributed by atoms with Gasteiger partial charge in [-0.25, -0.2) is 0 Å². The van der Waals surface area contributed by atoms with Gasteiger partial charge in [0, 0.05) is 19.4 Å². The molecule has 8 nitrogen and oxygen atoms in total. The van der Waals surface area contributed by atoms with Crippen LogP contribution in [0.15, 0.2) is 24.3 Å². The van der Waals surface area contributed by atoms with Crippen LogP contribution in [0.5, 0.6) is 0 Å². The summed E-state index contributed by atoms with van der Waals surface area (Å²) in [5, 5.41) is 9.49. The Labute approximate surface area is 314 Å². The van der Waals surface area contributed by atoms with Gasteiger partial charge in [-0.15, -0.1) is 0 Å². The van der Waals surface area contributed by atoms with Crippen LogP contribution in [-0.2, 0) is 28.5 Å². The van der Waals surface area contributed by atoms with Crippen LogP contribution in [0.1, 0.15) is 181 Å². The molecule has 300 valence electrons. The van der Waals surface area contributed by atoms with Crippen LogP contribution in [0, 0.1) is 0 Å². The lowest BCUT2D eigenvalue weighted by Crippen LogP contribution is -2.29. The number of aliphatic hydroxyl groups is 1. The summed E-state index contributed by atoms with van der Waals surface area (Å²) in [7, 11) is 0. The summed E-state index contributed by atoms with van der Waals surface area (Å²) in [5.41, 5.74) is 0. The fourth-order valence-corrected chi connectivity index (χ4v) is 5.80. The molecule has 0 spiro atoms. The van der Waals surface area contributed by atoms with Gasteiger partial charge in [0.05, 0.1) is 33.0 Å². The van der Waals surface area contributed by atoms with E-state index < -0.39 is 0 Å². The first kappa shape index (κ1) is 49.3. The van der Waals surface area contributed by atoms with E-state index in [4.69, 9.17) is 18.9 Å². The predicted molar refractivity (Wildman–Crippen MR) is 212 cm³/mol. The van der Waals surface area contributed by atoms with Crippen molar-refractivity contribution in [2.75, 3.05) is 52.7 Å². The minimum absolute atomic E-state index is 0.0438. The Morgan fingerprint density at radius 2 is 0.980 bits per heavy atom. The topological polar surface area (TPSA) is 94.5 Å². The summed E-state index contributed by atoms with van der Waals surface area (Å²) in [6.07, 6.45) is 34.0. The molecule has 0 amide bonds. The molecule has 0 aliphatic heterocycles. The zero-order valence-electron chi connectivity index (χ0n) is 33.6. The van der Waals surface area contributed by atoms with Gasteiger partial charge in [0.1, 0.15) is 0 Å². The fraction of sp³-hybridized carbons (Fsp3) is 0.860. The van der Waals surface area contributed by atoms with E-state index in [0.29, 0.717) is 45.8 Å². The van der Waals surface area contributed by atoms with Crippen molar-refractivity contribution in [2.45, 2.75) is 188 Å². The molecule has 51 heavy (non-hydrogen) atoms. The number of aliphatic hydroxyl groups excluding tert-OH is 1. The molecular formula is C43H81NO7. The minimum atomic E-state index is -0.259. The maximum absolute atomic E-state index is 12.2. The van der Waals surface area contributed by atoms with Gasteiger partial charge >= 0.3 is 11.9 Å². The average Bonchev–Trinajstić information content (AvgIpc) is 3.12. The molecule has 0 saturated carbocycles. The van der Waals surface area contributed by atoms with Crippen molar-refractivity contribution in [1.82, 2.24) is 4.90 Å². The molecule has 0 bridgehead atoms. The molecule has 0 heterocycles. The van der Waals surface area contributed by atoms with E-state index in [1.54, 1.807) is 0 Å². The third kappa shape index (κ3) is 37.8. The Morgan fingerprint density at radius 3 is 1.47 bits per heavy atom. The Bertz CT molecular complexity index is 783. The molecule has 1 N–H and O–H groups in total. The highest BCUT2D eigenvalue weighted by atomic mass is 16.7. The van der Waals surface area contributed by atoms with E-state index in [1.165, 1.54) is 32.1 Å².